The van der Waals surface area contributed by atoms with E-state index >= 15 is 0 Å². The van der Waals surface area contributed by atoms with Gasteiger partial charge in [-0.05, 0) is 12.5 Å². The molecule has 0 radical (unpaired) electrons. The SMILES string of the molecule is C=CC[C@H]1Cc2ccccc2[C@H](C)[NH2+]1. The molecular formula is C13H18N+. The fraction of sp³-hybridized carbons (Fsp3) is 0.385. The van der Waals surface area contributed by atoms with Gasteiger partial charge in [0.2, 0.25) is 0 Å². The van der Waals surface area contributed by atoms with Crippen LogP contribution in [0.25, 0.3) is 0 Å². The molecule has 0 bridgehead atoms. The summed E-state index contributed by atoms with van der Waals surface area (Å²) in [5.74, 6) is 0. The molecule has 1 nitrogen and oxygen atoms in total. The number of hydrogen-bond acceptors (Lipinski definition) is 0. The first-order chi connectivity index (χ1) is 6.81. The van der Waals surface area contributed by atoms with Gasteiger partial charge in [-0.25, -0.2) is 0 Å². The molecule has 0 spiro atoms. The van der Waals surface area contributed by atoms with Gasteiger partial charge in [0.05, 0.1) is 6.04 Å². The summed E-state index contributed by atoms with van der Waals surface area (Å²) >= 11 is 0. The van der Waals surface area contributed by atoms with Crippen LogP contribution in [0, 0.1) is 0 Å². The van der Waals surface area contributed by atoms with E-state index in [0.717, 1.165) is 6.42 Å². The van der Waals surface area contributed by atoms with Gasteiger partial charge in [-0.1, -0.05) is 30.3 Å². The molecule has 1 aliphatic rings. The van der Waals surface area contributed by atoms with Crippen molar-refractivity contribution in [2.24, 2.45) is 0 Å². The Morgan fingerprint density at radius 2 is 2.29 bits per heavy atom. The minimum absolute atomic E-state index is 0.602. The van der Waals surface area contributed by atoms with Crippen molar-refractivity contribution < 1.29 is 5.32 Å². The van der Waals surface area contributed by atoms with E-state index in [1.54, 1.807) is 0 Å². The van der Waals surface area contributed by atoms with E-state index < -0.39 is 0 Å². The smallest absolute Gasteiger partial charge is 0.109 e. The van der Waals surface area contributed by atoms with Crippen LogP contribution in [0.3, 0.4) is 0 Å². The minimum atomic E-state index is 0.602. The zero-order chi connectivity index (χ0) is 9.97. The van der Waals surface area contributed by atoms with Crippen LogP contribution in [0.2, 0.25) is 0 Å². The molecule has 74 valence electrons. The van der Waals surface area contributed by atoms with Crippen molar-refractivity contribution in [3.63, 3.8) is 0 Å². The van der Waals surface area contributed by atoms with E-state index in [0.29, 0.717) is 12.1 Å². The Kier molecular flexibility index (Phi) is 2.69. The molecule has 0 aromatic heterocycles. The maximum atomic E-state index is 3.82. The van der Waals surface area contributed by atoms with E-state index in [1.165, 1.54) is 17.5 Å². The molecule has 0 saturated heterocycles. The average Bonchev–Trinajstić information content (AvgIpc) is 2.18. The summed E-state index contributed by atoms with van der Waals surface area (Å²) in [6.07, 6.45) is 4.33. The van der Waals surface area contributed by atoms with Crippen molar-refractivity contribution >= 4 is 0 Å². The molecule has 0 unspecified atom stereocenters. The van der Waals surface area contributed by atoms with E-state index in [4.69, 9.17) is 0 Å². The number of hydrogen-bond donors (Lipinski definition) is 1. The van der Waals surface area contributed by atoms with E-state index in [9.17, 15) is 0 Å². The molecule has 0 aliphatic carbocycles. The third-order valence-corrected chi connectivity index (χ3v) is 3.06. The second-order valence-electron chi connectivity index (χ2n) is 4.17. The summed E-state index contributed by atoms with van der Waals surface area (Å²) in [4.78, 5) is 0. The first-order valence-electron chi connectivity index (χ1n) is 5.35. The molecule has 2 rings (SSSR count). The van der Waals surface area contributed by atoms with Crippen LogP contribution in [-0.2, 0) is 6.42 Å². The van der Waals surface area contributed by atoms with Gasteiger partial charge < -0.3 is 5.32 Å². The fourth-order valence-electron chi connectivity index (χ4n) is 2.40. The minimum Gasteiger partial charge on any atom is -0.337 e. The Labute approximate surface area is 85.8 Å². The lowest BCUT2D eigenvalue weighted by Gasteiger charge is -2.27. The first kappa shape index (κ1) is 9.47. The van der Waals surface area contributed by atoms with Crippen LogP contribution in [-0.4, -0.2) is 6.04 Å². The van der Waals surface area contributed by atoms with Gasteiger partial charge in [0.15, 0.2) is 0 Å². The highest BCUT2D eigenvalue weighted by Crippen LogP contribution is 2.20. The highest BCUT2D eigenvalue weighted by Gasteiger charge is 2.25. The van der Waals surface area contributed by atoms with Crippen LogP contribution >= 0.6 is 0 Å². The largest absolute Gasteiger partial charge is 0.337 e. The monoisotopic (exact) mass is 188 g/mol. The summed E-state index contributed by atoms with van der Waals surface area (Å²) in [5.41, 5.74) is 3.03. The summed E-state index contributed by atoms with van der Waals surface area (Å²) < 4.78 is 0. The summed E-state index contributed by atoms with van der Waals surface area (Å²) in [6, 6.07) is 10.1. The van der Waals surface area contributed by atoms with Crippen molar-refractivity contribution in [2.75, 3.05) is 0 Å². The molecule has 2 atom stereocenters. The van der Waals surface area contributed by atoms with Gasteiger partial charge in [-0.15, -0.1) is 6.58 Å². The summed E-state index contributed by atoms with van der Waals surface area (Å²) in [7, 11) is 0. The molecule has 1 aromatic rings. The molecule has 0 saturated carbocycles. The van der Waals surface area contributed by atoms with Gasteiger partial charge in [0.1, 0.15) is 6.04 Å². The zero-order valence-electron chi connectivity index (χ0n) is 8.74. The molecule has 1 heteroatoms. The number of nitrogens with two attached hydrogens (primary N) is 1. The average molecular weight is 188 g/mol. The van der Waals surface area contributed by atoms with Gasteiger partial charge in [-0.3, -0.25) is 0 Å². The number of rotatable bonds is 2. The molecule has 14 heavy (non-hydrogen) atoms. The maximum Gasteiger partial charge on any atom is 0.109 e. The lowest BCUT2D eigenvalue weighted by Crippen LogP contribution is -2.92. The third kappa shape index (κ3) is 1.73. The number of fused-ring (bicyclic) bond motifs is 1. The van der Waals surface area contributed by atoms with Crippen molar-refractivity contribution in [3.8, 4) is 0 Å². The molecule has 2 N–H and O–H groups in total. The van der Waals surface area contributed by atoms with Crippen molar-refractivity contribution in [2.45, 2.75) is 31.8 Å². The van der Waals surface area contributed by atoms with E-state index in [1.807, 2.05) is 6.08 Å². The second-order valence-corrected chi connectivity index (χ2v) is 4.17. The summed E-state index contributed by atoms with van der Waals surface area (Å²) in [6.45, 7) is 6.10. The van der Waals surface area contributed by atoms with Crippen molar-refractivity contribution in [1.82, 2.24) is 0 Å². The Hall–Kier alpha value is -1.08. The normalized spacial score (nSPS) is 25.5. The quantitative estimate of drug-likeness (QED) is 0.682. The predicted molar refractivity (Wildman–Crippen MR) is 59.1 cm³/mol. The van der Waals surface area contributed by atoms with Crippen LogP contribution in [0.5, 0.6) is 0 Å². The number of benzene rings is 1. The van der Waals surface area contributed by atoms with Crippen LogP contribution in [0.4, 0.5) is 0 Å². The predicted octanol–water partition coefficient (Wildman–Crippen LogP) is 1.81. The topological polar surface area (TPSA) is 16.6 Å². The lowest BCUT2D eigenvalue weighted by molar-refractivity contribution is -0.727. The molecular weight excluding hydrogens is 170 g/mol. The Bertz CT molecular complexity index is 330. The third-order valence-electron chi connectivity index (χ3n) is 3.06. The lowest BCUT2D eigenvalue weighted by atomic mass is 9.90. The van der Waals surface area contributed by atoms with Crippen LogP contribution < -0.4 is 5.32 Å². The van der Waals surface area contributed by atoms with E-state index in [-0.39, 0.29) is 0 Å². The zero-order valence-corrected chi connectivity index (χ0v) is 8.74. The van der Waals surface area contributed by atoms with Gasteiger partial charge in [0.25, 0.3) is 0 Å². The van der Waals surface area contributed by atoms with E-state index in [2.05, 4.69) is 43.1 Å². The Morgan fingerprint density at radius 3 is 3.07 bits per heavy atom. The molecule has 0 amide bonds. The standard InChI is InChI=1S/C13H17N/c1-3-6-12-9-11-7-4-5-8-13(11)10(2)14-12/h3-5,7-8,10,12,14H,1,6,9H2,2H3/p+1/t10-,12-/m0/s1. The highest BCUT2D eigenvalue weighted by molar-refractivity contribution is 5.30. The van der Waals surface area contributed by atoms with Gasteiger partial charge in [0, 0.05) is 18.4 Å². The Balaban J connectivity index is 2.24. The molecule has 1 aromatic carbocycles. The molecule has 1 aliphatic heterocycles. The first-order valence-corrected chi connectivity index (χ1v) is 5.35. The Morgan fingerprint density at radius 1 is 1.50 bits per heavy atom. The maximum absolute atomic E-state index is 3.82. The van der Waals surface area contributed by atoms with Crippen LogP contribution in [0.15, 0.2) is 36.9 Å². The van der Waals surface area contributed by atoms with Crippen molar-refractivity contribution in [3.05, 3.63) is 48.0 Å². The second kappa shape index (κ2) is 3.97. The summed E-state index contributed by atoms with van der Waals surface area (Å²) in [5, 5.41) is 2.46. The van der Waals surface area contributed by atoms with Gasteiger partial charge in [-0.2, -0.15) is 0 Å². The van der Waals surface area contributed by atoms with Crippen LogP contribution in [0.1, 0.15) is 30.5 Å². The van der Waals surface area contributed by atoms with Crippen molar-refractivity contribution in [1.29, 1.82) is 0 Å². The fourth-order valence-corrected chi connectivity index (χ4v) is 2.40. The highest BCUT2D eigenvalue weighted by atomic mass is 15.0. The number of quaternary nitrogens is 1. The van der Waals surface area contributed by atoms with Gasteiger partial charge >= 0.3 is 0 Å². The molecule has 0 fully saturated rings. The molecule has 1 heterocycles.